The first-order valence-electron chi connectivity index (χ1n) is 8.01. The second-order valence-electron chi connectivity index (χ2n) is 6.31. The Kier molecular flexibility index (Phi) is 7.75. The molecule has 5 nitrogen and oxygen atoms in total. The first-order chi connectivity index (χ1) is 9.92. The van der Waals surface area contributed by atoms with E-state index in [0.717, 1.165) is 38.9 Å². The number of nitrogens with zero attached hydrogens (tertiary/aromatic N) is 1. The van der Waals surface area contributed by atoms with Crippen LogP contribution in [0.3, 0.4) is 0 Å². The zero-order valence-electron chi connectivity index (χ0n) is 13.7. The van der Waals surface area contributed by atoms with Crippen molar-refractivity contribution in [3.63, 3.8) is 0 Å². The van der Waals surface area contributed by atoms with Crippen molar-refractivity contribution in [2.24, 2.45) is 5.92 Å². The van der Waals surface area contributed by atoms with E-state index < -0.39 is 6.10 Å². The maximum Gasteiger partial charge on any atom is 0.315 e. The lowest BCUT2D eigenvalue weighted by Crippen LogP contribution is -2.49. The number of carbonyl (C=O) groups is 1. The topological polar surface area (TPSA) is 64.6 Å². The monoisotopic (exact) mass is 297 g/mol. The highest BCUT2D eigenvalue weighted by atomic mass is 16.3. The third-order valence-electron chi connectivity index (χ3n) is 4.19. The number of hydrogen-bond donors (Lipinski definition) is 3. The van der Waals surface area contributed by atoms with Crippen molar-refractivity contribution in [1.29, 1.82) is 0 Å². The number of piperidine rings is 1. The Morgan fingerprint density at radius 3 is 2.57 bits per heavy atom. The minimum Gasteiger partial charge on any atom is -0.391 e. The standard InChI is InChI=1S/C16H31N3O2/c1-5-13(4)15(20)10-17-16(21)18-14-6-8-19(9-7-14)11-12(2)3/h13-15,20H,2,5-11H2,1,3-4H3,(H2,17,18,21). The Morgan fingerprint density at radius 2 is 2.05 bits per heavy atom. The van der Waals surface area contributed by atoms with Gasteiger partial charge in [-0.1, -0.05) is 32.4 Å². The van der Waals surface area contributed by atoms with Crippen molar-refractivity contribution in [1.82, 2.24) is 15.5 Å². The molecule has 0 saturated carbocycles. The molecular formula is C16H31N3O2. The predicted molar refractivity (Wildman–Crippen MR) is 86.3 cm³/mol. The van der Waals surface area contributed by atoms with E-state index in [4.69, 9.17) is 0 Å². The third-order valence-corrected chi connectivity index (χ3v) is 4.19. The Bertz CT molecular complexity index is 338. The molecule has 1 rings (SSSR count). The van der Waals surface area contributed by atoms with E-state index in [0.29, 0.717) is 6.54 Å². The molecule has 2 atom stereocenters. The maximum atomic E-state index is 11.8. The summed E-state index contributed by atoms with van der Waals surface area (Å²) in [4.78, 5) is 14.2. The van der Waals surface area contributed by atoms with Crippen LogP contribution in [0.5, 0.6) is 0 Å². The quantitative estimate of drug-likeness (QED) is 0.627. The number of rotatable bonds is 7. The summed E-state index contributed by atoms with van der Waals surface area (Å²) in [5.41, 5.74) is 1.18. The van der Waals surface area contributed by atoms with Crippen LogP contribution in [-0.4, -0.2) is 54.4 Å². The van der Waals surface area contributed by atoms with Gasteiger partial charge in [0.05, 0.1) is 6.10 Å². The van der Waals surface area contributed by atoms with Gasteiger partial charge in [0.25, 0.3) is 0 Å². The van der Waals surface area contributed by atoms with Crippen LogP contribution in [0.1, 0.15) is 40.0 Å². The Morgan fingerprint density at radius 1 is 1.43 bits per heavy atom. The van der Waals surface area contributed by atoms with Gasteiger partial charge in [0, 0.05) is 32.2 Å². The summed E-state index contributed by atoms with van der Waals surface area (Å²) in [7, 11) is 0. The molecule has 1 fully saturated rings. The van der Waals surface area contributed by atoms with Crippen LogP contribution in [0, 0.1) is 5.92 Å². The fourth-order valence-corrected chi connectivity index (χ4v) is 2.52. The van der Waals surface area contributed by atoms with Gasteiger partial charge in [-0.3, -0.25) is 4.90 Å². The lowest BCUT2D eigenvalue weighted by Gasteiger charge is -2.32. The van der Waals surface area contributed by atoms with Gasteiger partial charge in [-0.05, 0) is 25.7 Å². The first-order valence-corrected chi connectivity index (χ1v) is 8.01. The predicted octanol–water partition coefficient (Wildman–Crippen LogP) is 1.73. The molecule has 0 aliphatic carbocycles. The molecular weight excluding hydrogens is 266 g/mol. The number of nitrogens with one attached hydrogen (secondary N) is 2. The van der Waals surface area contributed by atoms with Crippen molar-refractivity contribution >= 4 is 6.03 Å². The normalized spacial score (nSPS) is 19.8. The van der Waals surface area contributed by atoms with E-state index in [9.17, 15) is 9.90 Å². The molecule has 21 heavy (non-hydrogen) atoms. The largest absolute Gasteiger partial charge is 0.391 e. The molecule has 1 aliphatic heterocycles. The Hall–Kier alpha value is -1.07. The molecule has 0 spiro atoms. The van der Waals surface area contributed by atoms with Crippen LogP contribution in [0.2, 0.25) is 0 Å². The number of aliphatic hydroxyl groups is 1. The summed E-state index contributed by atoms with van der Waals surface area (Å²) in [6.07, 6.45) is 2.37. The molecule has 122 valence electrons. The van der Waals surface area contributed by atoms with E-state index >= 15 is 0 Å². The highest BCUT2D eigenvalue weighted by Gasteiger charge is 2.21. The summed E-state index contributed by atoms with van der Waals surface area (Å²) in [6, 6.07) is 0.0582. The van der Waals surface area contributed by atoms with Crippen LogP contribution >= 0.6 is 0 Å². The average molecular weight is 297 g/mol. The molecule has 3 N–H and O–H groups in total. The molecule has 1 saturated heterocycles. The number of amides is 2. The minimum absolute atomic E-state index is 0.171. The van der Waals surface area contributed by atoms with Gasteiger partial charge in [0.15, 0.2) is 0 Å². The van der Waals surface area contributed by atoms with Gasteiger partial charge in [-0.15, -0.1) is 0 Å². The van der Waals surface area contributed by atoms with E-state index in [2.05, 4.69) is 22.1 Å². The van der Waals surface area contributed by atoms with E-state index in [-0.39, 0.29) is 18.0 Å². The molecule has 5 heteroatoms. The van der Waals surface area contributed by atoms with Crippen LogP contribution in [0.25, 0.3) is 0 Å². The van der Waals surface area contributed by atoms with Crippen molar-refractivity contribution in [2.75, 3.05) is 26.2 Å². The summed E-state index contributed by atoms with van der Waals surface area (Å²) < 4.78 is 0. The summed E-state index contributed by atoms with van der Waals surface area (Å²) in [6.45, 7) is 13.2. The number of urea groups is 1. The average Bonchev–Trinajstić information content (AvgIpc) is 2.45. The van der Waals surface area contributed by atoms with Gasteiger partial charge < -0.3 is 15.7 Å². The number of hydrogen-bond acceptors (Lipinski definition) is 3. The lowest BCUT2D eigenvalue weighted by molar-refractivity contribution is 0.114. The second kappa shape index (κ2) is 9.05. The van der Waals surface area contributed by atoms with E-state index in [1.807, 2.05) is 20.8 Å². The maximum absolute atomic E-state index is 11.8. The number of likely N-dealkylation sites (tertiary alicyclic amines) is 1. The van der Waals surface area contributed by atoms with Gasteiger partial charge in [0.2, 0.25) is 0 Å². The van der Waals surface area contributed by atoms with Crippen LogP contribution < -0.4 is 10.6 Å². The smallest absolute Gasteiger partial charge is 0.315 e. The summed E-state index contributed by atoms with van der Waals surface area (Å²) in [5.74, 6) is 0.204. The number of carbonyl (C=O) groups excluding carboxylic acids is 1. The molecule has 2 amide bonds. The lowest BCUT2D eigenvalue weighted by atomic mass is 10.0. The third kappa shape index (κ3) is 6.96. The Balaban J connectivity index is 2.20. The van der Waals surface area contributed by atoms with Crippen LogP contribution in [0.4, 0.5) is 4.79 Å². The zero-order valence-corrected chi connectivity index (χ0v) is 13.7. The zero-order chi connectivity index (χ0) is 15.8. The van der Waals surface area contributed by atoms with Gasteiger partial charge >= 0.3 is 6.03 Å². The molecule has 2 unspecified atom stereocenters. The SMILES string of the molecule is C=C(C)CN1CCC(NC(=O)NCC(O)C(C)CC)CC1. The highest BCUT2D eigenvalue weighted by molar-refractivity contribution is 5.74. The fraction of sp³-hybridized carbons (Fsp3) is 0.812. The fourth-order valence-electron chi connectivity index (χ4n) is 2.52. The number of aliphatic hydroxyl groups excluding tert-OH is 1. The highest BCUT2D eigenvalue weighted by Crippen LogP contribution is 2.11. The van der Waals surface area contributed by atoms with Crippen molar-refractivity contribution in [3.8, 4) is 0 Å². The van der Waals surface area contributed by atoms with Crippen LogP contribution in [0.15, 0.2) is 12.2 Å². The van der Waals surface area contributed by atoms with E-state index in [1.165, 1.54) is 5.57 Å². The summed E-state index contributed by atoms with van der Waals surface area (Å²) >= 11 is 0. The van der Waals surface area contributed by atoms with Crippen molar-refractivity contribution in [2.45, 2.75) is 52.2 Å². The van der Waals surface area contributed by atoms with Crippen molar-refractivity contribution < 1.29 is 9.90 Å². The van der Waals surface area contributed by atoms with Gasteiger partial charge in [0.1, 0.15) is 0 Å². The molecule has 0 bridgehead atoms. The van der Waals surface area contributed by atoms with Crippen molar-refractivity contribution in [3.05, 3.63) is 12.2 Å². The molecule has 1 aliphatic rings. The van der Waals surface area contributed by atoms with Crippen LogP contribution in [-0.2, 0) is 0 Å². The molecule has 0 aromatic carbocycles. The van der Waals surface area contributed by atoms with Gasteiger partial charge in [-0.2, -0.15) is 0 Å². The van der Waals surface area contributed by atoms with E-state index in [1.54, 1.807) is 0 Å². The Labute approximate surface area is 128 Å². The summed E-state index contributed by atoms with van der Waals surface area (Å²) in [5, 5.41) is 15.6. The van der Waals surface area contributed by atoms with Gasteiger partial charge in [-0.25, -0.2) is 4.79 Å². The minimum atomic E-state index is -0.474. The molecule has 0 aromatic heterocycles. The molecule has 0 aromatic rings. The second-order valence-corrected chi connectivity index (χ2v) is 6.31. The molecule has 1 heterocycles. The first kappa shape index (κ1) is 18.0. The molecule has 0 radical (unpaired) electrons.